The number of pyridine rings is 2. The van der Waals surface area contributed by atoms with Gasteiger partial charge in [0.15, 0.2) is 5.82 Å². The summed E-state index contributed by atoms with van der Waals surface area (Å²) in [7, 11) is 0. The second kappa shape index (κ2) is 7.10. The van der Waals surface area contributed by atoms with E-state index in [2.05, 4.69) is 20.3 Å². The average molecular weight is 344 g/mol. The third-order valence-corrected chi connectivity index (χ3v) is 3.65. The third-order valence-electron chi connectivity index (χ3n) is 3.37. The Bertz CT molecular complexity index is 904. The SMILES string of the molecule is O=C(NCCn1ccnc1-c1ccccn1)c1c[nH]c(=O)c(Cl)c1. The minimum absolute atomic E-state index is 0.0188. The fourth-order valence-corrected chi connectivity index (χ4v) is 2.37. The van der Waals surface area contributed by atoms with Crippen LogP contribution in [0.3, 0.4) is 0 Å². The second-order valence-electron chi connectivity index (χ2n) is 4.98. The van der Waals surface area contributed by atoms with Crippen molar-refractivity contribution in [3.05, 3.63) is 70.0 Å². The molecule has 0 spiro atoms. The van der Waals surface area contributed by atoms with Crippen molar-refractivity contribution in [3.8, 4) is 11.5 Å². The highest BCUT2D eigenvalue weighted by molar-refractivity contribution is 6.30. The number of hydrogen-bond acceptors (Lipinski definition) is 4. The normalized spacial score (nSPS) is 10.5. The standard InChI is InChI=1S/C16H14ClN5O2/c17-12-9-11(10-21-16(12)24)15(23)20-6-8-22-7-5-19-14(22)13-3-1-2-4-18-13/h1-5,7,9-10H,6,8H2,(H,20,23)(H,21,24). The fourth-order valence-electron chi connectivity index (χ4n) is 2.20. The van der Waals surface area contributed by atoms with Gasteiger partial charge in [-0.15, -0.1) is 0 Å². The van der Waals surface area contributed by atoms with Gasteiger partial charge in [0.1, 0.15) is 10.7 Å². The number of carbonyl (C=O) groups is 1. The molecule has 3 rings (SSSR count). The van der Waals surface area contributed by atoms with Crippen LogP contribution >= 0.6 is 11.6 Å². The number of aromatic amines is 1. The summed E-state index contributed by atoms with van der Waals surface area (Å²) in [6.07, 6.45) is 6.55. The number of H-pyrrole nitrogens is 1. The molecule has 0 saturated carbocycles. The van der Waals surface area contributed by atoms with Gasteiger partial charge < -0.3 is 14.9 Å². The van der Waals surface area contributed by atoms with E-state index in [1.165, 1.54) is 12.3 Å². The van der Waals surface area contributed by atoms with Crippen LogP contribution in [0, 0.1) is 0 Å². The molecule has 3 aromatic heterocycles. The zero-order valence-corrected chi connectivity index (χ0v) is 13.3. The molecule has 0 radical (unpaired) electrons. The zero-order valence-electron chi connectivity index (χ0n) is 12.6. The van der Waals surface area contributed by atoms with E-state index in [-0.39, 0.29) is 10.9 Å². The van der Waals surface area contributed by atoms with E-state index in [0.29, 0.717) is 18.7 Å². The Labute approximate surface area is 142 Å². The van der Waals surface area contributed by atoms with Gasteiger partial charge in [-0.3, -0.25) is 14.6 Å². The van der Waals surface area contributed by atoms with Gasteiger partial charge in [-0.25, -0.2) is 4.98 Å². The summed E-state index contributed by atoms with van der Waals surface area (Å²) >= 11 is 5.72. The molecule has 0 aliphatic rings. The Hall–Kier alpha value is -2.93. The largest absolute Gasteiger partial charge is 0.350 e. The van der Waals surface area contributed by atoms with Crippen LogP contribution in [0.25, 0.3) is 11.5 Å². The summed E-state index contributed by atoms with van der Waals surface area (Å²) in [5, 5.41) is 2.76. The van der Waals surface area contributed by atoms with Crippen molar-refractivity contribution < 1.29 is 4.79 Å². The summed E-state index contributed by atoms with van der Waals surface area (Å²) in [6, 6.07) is 6.95. The van der Waals surface area contributed by atoms with Gasteiger partial charge in [0, 0.05) is 37.9 Å². The lowest BCUT2D eigenvalue weighted by Gasteiger charge is -2.09. The third kappa shape index (κ3) is 3.52. The van der Waals surface area contributed by atoms with E-state index in [1.54, 1.807) is 12.4 Å². The molecule has 7 nitrogen and oxygen atoms in total. The van der Waals surface area contributed by atoms with E-state index in [4.69, 9.17) is 11.6 Å². The Morgan fingerprint density at radius 2 is 2.17 bits per heavy atom. The van der Waals surface area contributed by atoms with Gasteiger partial charge in [0.05, 0.1) is 5.56 Å². The lowest BCUT2D eigenvalue weighted by Crippen LogP contribution is -2.28. The second-order valence-corrected chi connectivity index (χ2v) is 5.39. The zero-order chi connectivity index (χ0) is 16.9. The van der Waals surface area contributed by atoms with Crippen LogP contribution in [0.15, 0.2) is 53.8 Å². The first-order valence-corrected chi connectivity index (χ1v) is 7.62. The Balaban J connectivity index is 1.63. The highest BCUT2D eigenvalue weighted by Crippen LogP contribution is 2.13. The van der Waals surface area contributed by atoms with Crippen molar-refractivity contribution in [2.75, 3.05) is 6.54 Å². The Morgan fingerprint density at radius 1 is 1.29 bits per heavy atom. The molecular formula is C16H14ClN5O2. The maximum Gasteiger partial charge on any atom is 0.266 e. The van der Waals surface area contributed by atoms with Crippen LogP contribution in [-0.2, 0) is 6.54 Å². The number of imidazole rings is 1. The van der Waals surface area contributed by atoms with Gasteiger partial charge in [-0.2, -0.15) is 0 Å². The quantitative estimate of drug-likeness (QED) is 0.737. The first-order valence-electron chi connectivity index (χ1n) is 7.24. The molecule has 1 amide bonds. The molecule has 0 unspecified atom stereocenters. The first kappa shape index (κ1) is 15.9. The highest BCUT2D eigenvalue weighted by atomic mass is 35.5. The van der Waals surface area contributed by atoms with Gasteiger partial charge in [0.2, 0.25) is 0 Å². The number of carbonyl (C=O) groups excluding carboxylic acids is 1. The first-order chi connectivity index (χ1) is 11.6. The molecule has 0 aliphatic carbocycles. The maximum atomic E-state index is 12.1. The minimum atomic E-state index is -0.424. The maximum absolute atomic E-state index is 12.1. The number of amides is 1. The van der Waals surface area contributed by atoms with Crippen molar-refractivity contribution in [1.29, 1.82) is 0 Å². The molecular weight excluding hydrogens is 330 g/mol. The van der Waals surface area contributed by atoms with Gasteiger partial charge >= 0.3 is 0 Å². The molecule has 3 aromatic rings. The van der Waals surface area contributed by atoms with Crippen molar-refractivity contribution in [2.24, 2.45) is 0 Å². The number of aromatic nitrogens is 4. The smallest absolute Gasteiger partial charge is 0.266 e. The molecule has 122 valence electrons. The van der Waals surface area contributed by atoms with Gasteiger partial charge in [-0.05, 0) is 18.2 Å². The average Bonchev–Trinajstić information content (AvgIpc) is 3.06. The van der Waals surface area contributed by atoms with Crippen LogP contribution in [0.4, 0.5) is 0 Å². The van der Waals surface area contributed by atoms with Crippen molar-refractivity contribution >= 4 is 17.5 Å². The molecule has 0 fully saturated rings. The number of rotatable bonds is 5. The molecule has 0 atom stereocenters. The molecule has 0 aromatic carbocycles. The predicted molar refractivity (Wildman–Crippen MR) is 89.9 cm³/mol. The summed E-state index contributed by atoms with van der Waals surface area (Å²) in [5.41, 5.74) is 0.642. The molecule has 3 heterocycles. The molecule has 8 heteroatoms. The van der Waals surface area contributed by atoms with Crippen LogP contribution in [-0.4, -0.2) is 32.0 Å². The van der Waals surface area contributed by atoms with Crippen LogP contribution in [0.5, 0.6) is 0 Å². The lowest BCUT2D eigenvalue weighted by molar-refractivity contribution is 0.0952. The topological polar surface area (TPSA) is 92.7 Å². The van der Waals surface area contributed by atoms with Gasteiger partial charge in [-0.1, -0.05) is 17.7 Å². The lowest BCUT2D eigenvalue weighted by atomic mass is 10.2. The molecule has 0 saturated heterocycles. The van der Waals surface area contributed by atoms with E-state index >= 15 is 0 Å². The predicted octanol–water partition coefficient (Wildman–Crippen LogP) is 1.72. The van der Waals surface area contributed by atoms with Crippen molar-refractivity contribution in [3.63, 3.8) is 0 Å². The van der Waals surface area contributed by atoms with Crippen LogP contribution in [0.1, 0.15) is 10.4 Å². The van der Waals surface area contributed by atoms with Crippen LogP contribution < -0.4 is 10.9 Å². The number of hydrogen-bond donors (Lipinski definition) is 2. The molecule has 0 aliphatic heterocycles. The van der Waals surface area contributed by atoms with Gasteiger partial charge in [0.25, 0.3) is 11.5 Å². The minimum Gasteiger partial charge on any atom is -0.350 e. The van der Waals surface area contributed by atoms with E-state index in [9.17, 15) is 9.59 Å². The Kier molecular flexibility index (Phi) is 4.72. The highest BCUT2D eigenvalue weighted by Gasteiger charge is 2.09. The summed E-state index contributed by atoms with van der Waals surface area (Å²) in [4.78, 5) is 34.2. The van der Waals surface area contributed by atoms with E-state index < -0.39 is 5.56 Å². The van der Waals surface area contributed by atoms with Crippen LogP contribution in [0.2, 0.25) is 5.02 Å². The molecule has 24 heavy (non-hydrogen) atoms. The summed E-state index contributed by atoms with van der Waals surface area (Å²) in [5.74, 6) is 0.421. The summed E-state index contributed by atoms with van der Waals surface area (Å²) < 4.78 is 1.91. The Morgan fingerprint density at radius 3 is 2.92 bits per heavy atom. The monoisotopic (exact) mass is 343 g/mol. The summed E-state index contributed by atoms with van der Waals surface area (Å²) in [6.45, 7) is 0.931. The number of nitrogens with zero attached hydrogens (tertiary/aromatic N) is 3. The molecule has 2 N–H and O–H groups in total. The number of nitrogens with one attached hydrogen (secondary N) is 2. The van der Waals surface area contributed by atoms with E-state index in [1.807, 2.05) is 29.0 Å². The fraction of sp³-hybridized carbons (Fsp3) is 0.125. The molecule has 0 bridgehead atoms. The van der Waals surface area contributed by atoms with Crippen molar-refractivity contribution in [2.45, 2.75) is 6.54 Å². The van der Waals surface area contributed by atoms with E-state index in [0.717, 1.165) is 11.5 Å². The van der Waals surface area contributed by atoms with Crippen molar-refractivity contribution in [1.82, 2.24) is 24.8 Å². The number of halogens is 1.